The lowest BCUT2D eigenvalue weighted by molar-refractivity contribution is 0.0519. The fraction of sp³-hybridized carbons (Fsp3) is 0.364. The summed E-state index contributed by atoms with van der Waals surface area (Å²) in [4.78, 5) is 0. The monoisotopic (exact) mass is 269 g/mol. The summed E-state index contributed by atoms with van der Waals surface area (Å²) >= 11 is 3.34. The highest BCUT2D eigenvalue weighted by atomic mass is 79.9. The number of hydrogen-bond donors (Lipinski definition) is 2. The third-order valence-corrected chi connectivity index (χ3v) is 2.74. The van der Waals surface area contributed by atoms with Crippen LogP contribution in [-0.2, 0) is 0 Å². The van der Waals surface area contributed by atoms with E-state index in [1.165, 1.54) is 0 Å². The topological polar surface area (TPSA) is 64.2 Å². The average molecular weight is 270 g/mol. The van der Waals surface area contributed by atoms with E-state index in [2.05, 4.69) is 15.9 Å². The molecule has 2 unspecified atom stereocenters. The van der Waals surface area contributed by atoms with Crippen molar-refractivity contribution in [2.75, 3.05) is 0 Å². The van der Waals surface area contributed by atoms with Crippen molar-refractivity contribution in [2.24, 2.45) is 0 Å². The second kappa shape index (κ2) is 4.75. The number of aryl methyl sites for hydroxylation is 2. The Labute approximate surface area is 97.1 Å². The van der Waals surface area contributed by atoms with Crippen LogP contribution in [0, 0.1) is 25.2 Å². The molecule has 0 aliphatic heterocycles. The van der Waals surface area contributed by atoms with Gasteiger partial charge in [0.2, 0.25) is 0 Å². The van der Waals surface area contributed by atoms with E-state index < -0.39 is 12.2 Å². The third kappa shape index (κ3) is 2.57. The number of benzene rings is 1. The van der Waals surface area contributed by atoms with Gasteiger partial charge >= 0.3 is 0 Å². The number of nitrogens with zero attached hydrogens (tertiary/aromatic N) is 1. The van der Waals surface area contributed by atoms with E-state index in [0.29, 0.717) is 5.56 Å². The first-order chi connectivity index (χ1) is 6.97. The van der Waals surface area contributed by atoms with Crippen molar-refractivity contribution in [3.8, 4) is 6.07 Å². The Bertz CT molecular complexity index is 389. The number of rotatable bonds is 2. The fourth-order valence-corrected chi connectivity index (χ4v) is 2.30. The van der Waals surface area contributed by atoms with Crippen LogP contribution in [0.3, 0.4) is 0 Å². The van der Waals surface area contributed by atoms with E-state index in [1.54, 1.807) is 6.07 Å². The first-order valence-corrected chi connectivity index (χ1v) is 5.29. The highest BCUT2D eigenvalue weighted by molar-refractivity contribution is 9.10. The van der Waals surface area contributed by atoms with E-state index in [4.69, 9.17) is 5.26 Å². The predicted molar refractivity (Wildman–Crippen MR) is 60.2 cm³/mol. The van der Waals surface area contributed by atoms with E-state index in [9.17, 15) is 10.2 Å². The molecular formula is C11H12BrNO2. The third-order valence-electron chi connectivity index (χ3n) is 2.29. The lowest BCUT2D eigenvalue weighted by Crippen LogP contribution is -2.18. The molecule has 0 fully saturated rings. The first-order valence-electron chi connectivity index (χ1n) is 4.49. The van der Waals surface area contributed by atoms with Crippen LogP contribution in [0.5, 0.6) is 0 Å². The van der Waals surface area contributed by atoms with Gasteiger partial charge in [0.05, 0.1) is 6.07 Å². The van der Waals surface area contributed by atoms with Crippen molar-refractivity contribution in [1.29, 1.82) is 5.26 Å². The van der Waals surface area contributed by atoms with Crippen molar-refractivity contribution in [3.63, 3.8) is 0 Å². The van der Waals surface area contributed by atoms with Crippen LogP contribution in [0.1, 0.15) is 22.8 Å². The number of halogens is 1. The lowest BCUT2D eigenvalue weighted by Gasteiger charge is -2.17. The van der Waals surface area contributed by atoms with Crippen LogP contribution in [0.25, 0.3) is 0 Å². The maximum absolute atomic E-state index is 9.75. The molecule has 0 bridgehead atoms. The molecule has 0 aliphatic carbocycles. The molecule has 0 aliphatic rings. The summed E-state index contributed by atoms with van der Waals surface area (Å²) in [6, 6.07) is 5.31. The minimum absolute atomic E-state index is 0.618. The van der Waals surface area contributed by atoms with E-state index in [1.807, 2.05) is 26.0 Å². The molecule has 4 heteroatoms. The van der Waals surface area contributed by atoms with Crippen LogP contribution < -0.4 is 0 Å². The molecule has 1 aromatic carbocycles. The van der Waals surface area contributed by atoms with Gasteiger partial charge in [-0.2, -0.15) is 5.26 Å². The normalized spacial score (nSPS) is 14.4. The van der Waals surface area contributed by atoms with Crippen molar-refractivity contribution in [2.45, 2.75) is 26.1 Å². The van der Waals surface area contributed by atoms with Gasteiger partial charge < -0.3 is 10.2 Å². The molecule has 1 aromatic rings. The van der Waals surface area contributed by atoms with Gasteiger partial charge in [-0.1, -0.05) is 15.9 Å². The van der Waals surface area contributed by atoms with Crippen molar-refractivity contribution >= 4 is 15.9 Å². The van der Waals surface area contributed by atoms with Crippen molar-refractivity contribution in [3.05, 3.63) is 33.3 Å². The Morgan fingerprint density at radius 1 is 1.27 bits per heavy atom. The molecule has 3 nitrogen and oxygen atoms in total. The minimum atomic E-state index is -1.39. The summed E-state index contributed by atoms with van der Waals surface area (Å²) < 4.78 is 0.917. The Morgan fingerprint density at radius 2 is 1.73 bits per heavy atom. The molecule has 0 aromatic heterocycles. The zero-order valence-corrected chi connectivity index (χ0v) is 10.1. The highest BCUT2D eigenvalue weighted by Gasteiger charge is 2.21. The molecule has 0 radical (unpaired) electrons. The molecule has 0 heterocycles. The first kappa shape index (κ1) is 12.2. The Morgan fingerprint density at radius 3 is 2.13 bits per heavy atom. The van der Waals surface area contributed by atoms with Gasteiger partial charge in [0.1, 0.15) is 6.10 Å². The van der Waals surface area contributed by atoms with Crippen LogP contribution in [0.15, 0.2) is 16.6 Å². The van der Waals surface area contributed by atoms with Crippen LogP contribution in [0.4, 0.5) is 0 Å². The summed E-state index contributed by atoms with van der Waals surface area (Å²) in [7, 11) is 0. The summed E-state index contributed by atoms with van der Waals surface area (Å²) in [6.45, 7) is 3.67. The average Bonchev–Trinajstić information content (AvgIpc) is 2.14. The molecule has 0 spiro atoms. The van der Waals surface area contributed by atoms with Crippen LogP contribution in [0.2, 0.25) is 0 Å². The molecule has 80 valence electrons. The summed E-state index contributed by atoms with van der Waals surface area (Å²) in [5, 5.41) is 27.6. The van der Waals surface area contributed by atoms with Crippen molar-refractivity contribution in [1.82, 2.24) is 0 Å². The van der Waals surface area contributed by atoms with Crippen molar-refractivity contribution < 1.29 is 10.2 Å². The van der Waals surface area contributed by atoms with Crippen LogP contribution in [-0.4, -0.2) is 16.3 Å². The lowest BCUT2D eigenvalue weighted by atomic mass is 9.95. The van der Waals surface area contributed by atoms with Gasteiger partial charge in [0, 0.05) is 4.47 Å². The molecule has 2 N–H and O–H groups in total. The molecule has 1 rings (SSSR count). The quantitative estimate of drug-likeness (QED) is 0.808. The number of aliphatic hydroxyl groups is 2. The second-order valence-corrected chi connectivity index (χ2v) is 4.39. The second-order valence-electron chi connectivity index (χ2n) is 3.47. The largest absolute Gasteiger partial charge is 0.385 e. The molecular weight excluding hydrogens is 258 g/mol. The highest BCUT2D eigenvalue weighted by Crippen LogP contribution is 2.27. The summed E-state index contributed by atoms with van der Waals surface area (Å²) in [5.41, 5.74) is 2.32. The van der Waals surface area contributed by atoms with Gasteiger partial charge in [-0.3, -0.25) is 0 Å². The minimum Gasteiger partial charge on any atom is -0.385 e. The van der Waals surface area contributed by atoms with Gasteiger partial charge in [0.15, 0.2) is 6.10 Å². The zero-order chi connectivity index (χ0) is 11.6. The summed E-state index contributed by atoms with van der Waals surface area (Å²) in [6.07, 6.45) is -2.54. The molecule has 15 heavy (non-hydrogen) atoms. The van der Waals surface area contributed by atoms with Gasteiger partial charge in [-0.15, -0.1) is 0 Å². The predicted octanol–water partition coefficient (Wildman–Crippen LogP) is 1.98. The maximum Gasteiger partial charge on any atom is 0.170 e. The smallest absolute Gasteiger partial charge is 0.170 e. The van der Waals surface area contributed by atoms with E-state index in [-0.39, 0.29) is 0 Å². The van der Waals surface area contributed by atoms with E-state index >= 15 is 0 Å². The number of aliphatic hydroxyl groups excluding tert-OH is 2. The molecule has 2 atom stereocenters. The molecule has 0 saturated carbocycles. The maximum atomic E-state index is 9.75. The van der Waals surface area contributed by atoms with Gasteiger partial charge in [-0.05, 0) is 42.7 Å². The Balaban J connectivity index is 3.21. The fourth-order valence-electron chi connectivity index (χ4n) is 1.62. The van der Waals surface area contributed by atoms with Crippen LogP contribution >= 0.6 is 15.9 Å². The molecule has 0 amide bonds. The Kier molecular flexibility index (Phi) is 3.86. The van der Waals surface area contributed by atoms with E-state index in [0.717, 1.165) is 15.6 Å². The zero-order valence-electron chi connectivity index (χ0n) is 8.53. The SMILES string of the molecule is Cc1cc(Br)cc(C)c1C(O)C(O)C#N. The molecule has 0 saturated heterocycles. The number of hydrogen-bond acceptors (Lipinski definition) is 3. The van der Waals surface area contributed by atoms with Gasteiger partial charge in [-0.25, -0.2) is 0 Å². The number of nitriles is 1. The Hall–Kier alpha value is -0.890. The van der Waals surface area contributed by atoms with Gasteiger partial charge in [0.25, 0.3) is 0 Å². The standard InChI is InChI=1S/C11H12BrNO2/c1-6-3-8(12)4-7(2)10(6)11(15)9(14)5-13/h3-4,9,11,14-15H,1-2H3. The summed E-state index contributed by atoms with van der Waals surface area (Å²) in [5.74, 6) is 0.